The molecule has 2 aliphatic heterocycles. The Morgan fingerprint density at radius 2 is 1.92 bits per heavy atom. The largest absolute Gasteiger partial charge is 0.349 e. The molecule has 2 saturated heterocycles. The molecule has 0 aliphatic carbocycles. The highest BCUT2D eigenvalue weighted by molar-refractivity contribution is 5.77. The number of likely N-dealkylation sites (tertiary alicyclic amines) is 1. The molecule has 1 atom stereocenters. The van der Waals surface area contributed by atoms with Crippen LogP contribution in [0.1, 0.15) is 43.7 Å². The minimum atomic E-state index is -0.457. The highest BCUT2D eigenvalue weighted by Gasteiger charge is 2.30. The van der Waals surface area contributed by atoms with E-state index < -0.39 is 11.6 Å². The molecule has 0 radical (unpaired) electrons. The van der Waals surface area contributed by atoms with Gasteiger partial charge in [-0.3, -0.25) is 4.79 Å². The second-order valence-electron chi connectivity index (χ2n) is 9.37. The monoisotopic (exact) mass is 492 g/mol. The Balaban J connectivity index is 1.27. The third-order valence-electron chi connectivity index (χ3n) is 7.04. The van der Waals surface area contributed by atoms with Crippen molar-refractivity contribution >= 4 is 17.4 Å². The van der Waals surface area contributed by atoms with Crippen molar-refractivity contribution in [3.05, 3.63) is 60.1 Å². The molecule has 0 spiro atoms. The minimum Gasteiger partial charge on any atom is -0.349 e. The van der Waals surface area contributed by atoms with Gasteiger partial charge in [-0.2, -0.15) is 5.10 Å². The molecule has 2 aliphatic rings. The van der Waals surface area contributed by atoms with E-state index in [1.807, 2.05) is 15.9 Å². The fraction of sp³-hybridized carbons (Fsp3) is 0.400. The summed E-state index contributed by atoms with van der Waals surface area (Å²) in [5, 5.41) is 12.8. The van der Waals surface area contributed by atoms with Crippen LogP contribution in [0.15, 0.2) is 42.9 Å². The van der Waals surface area contributed by atoms with Crippen LogP contribution in [0, 0.1) is 11.6 Å². The zero-order chi connectivity index (χ0) is 24.6. The summed E-state index contributed by atoms with van der Waals surface area (Å²) >= 11 is 0. The number of halogens is 2. The number of carbonyl (C=O) groups is 1. The Hall–Kier alpha value is -3.89. The van der Waals surface area contributed by atoms with E-state index in [2.05, 4.69) is 15.4 Å². The van der Waals surface area contributed by atoms with Crippen LogP contribution < -0.4 is 4.90 Å². The van der Waals surface area contributed by atoms with Gasteiger partial charge in [-0.25, -0.2) is 23.0 Å². The lowest BCUT2D eigenvalue weighted by molar-refractivity contribution is -0.132. The quantitative estimate of drug-likeness (QED) is 0.423. The number of nitrogens with zero attached hydrogens (tertiary/aromatic N) is 8. The molecule has 2 fully saturated rings. The van der Waals surface area contributed by atoms with Crippen LogP contribution in [-0.4, -0.2) is 60.0 Å². The van der Waals surface area contributed by atoms with E-state index in [1.54, 1.807) is 27.8 Å². The van der Waals surface area contributed by atoms with Gasteiger partial charge in [0.1, 0.15) is 29.7 Å². The summed E-state index contributed by atoms with van der Waals surface area (Å²) < 4.78 is 31.6. The molecule has 9 nitrogen and oxygen atoms in total. The Kier molecular flexibility index (Phi) is 5.82. The molecule has 0 saturated carbocycles. The van der Waals surface area contributed by atoms with Gasteiger partial charge >= 0.3 is 0 Å². The van der Waals surface area contributed by atoms with Crippen molar-refractivity contribution in [2.45, 2.75) is 44.7 Å². The maximum Gasteiger partial charge on any atom is 0.244 e. The molecule has 0 unspecified atom stereocenters. The molecule has 6 rings (SSSR count). The average molecular weight is 493 g/mol. The van der Waals surface area contributed by atoms with Gasteiger partial charge in [0.2, 0.25) is 5.91 Å². The molecule has 1 aromatic carbocycles. The van der Waals surface area contributed by atoms with Crippen molar-refractivity contribution in [2.75, 3.05) is 24.5 Å². The van der Waals surface area contributed by atoms with Gasteiger partial charge in [0.15, 0.2) is 5.65 Å². The smallest absolute Gasteiger partial charge is 0.244 e. The van der Waals surface area contributed by atoms with Crippen LogP contribution in [0.4, 0.5) is 14.6 Å². The number of anilines is 1. The highest BCUT2D eigenvalue weighted by atomic mass is 19.1. The summed E-state index contributed by atoms with van der Waals surface area (Å²) in [6.07, 6.45) is 9.98. The van der Waals surface area contributed by atoms with Crippen molar-refractivity contribution in [3.8, 4) is 11.3 Å². The summed E-state index contributed by atoms with van der Waals surface area (Å²) in [4.78, 5) is 21.3. The fourth-order valence-corrected chi connectivity index (χ4v) is 5.22. The number of carbonyl (C=O) groups excluding carboxylic acids is 1. The van der Waals surface area contributed by atoms with Gasteiger partial charge in [0.05, 0.1) is 24.0 Å². The summed E-state index contributed by atoms with van der Waals surface area (Å²) in [7, 11) is 0. The van der Waals surface area contributed by atoms with E-state index in [-0.39, 0.29) is 18.5 Å². The molecule has 0 N–H and O–H groups in total. The van der Waals surface area contributed by atoms with Gasteiger partial charge in [-0.1, -0.05) is 5.21 Å². The molecule has 3 aromatic heterocycles. The normalized spacial score (nSPS) is 18.3. The van der Waals surface area contributed by atoms with Gasteiger partial charge in [0.25, 0.3) is 0 Å². The summed E-state index contributed by atoms with van der Waals surface area (Å²) in [5.41, 5.74) is 2.16. The summed E-state index contributed by atoms with van der Waals surface area (Å²) in [6.45, 7) is 2.40. The van der Waals surface area contributed by atoms with E-state index in [0.717, 1.165) is 44.8 Å². The van der Waals surface area contributed by atoms with Gasteiger partial charge < -0.3 is 9.80 Å². The highest BCUT2D eigenvalue weighted by Crippen LogP contribution is 2.37. The molecule has 186 valence electrons. The number of rotatable bonds is 5. The zero-order valence-electron chi connectivity index (χ0n) is 19.7. The Morgan fingerprint density at radius 1 is 1.06 bits per heavy atom. The second-order valence-corrected chi connectivity index (χ2v) is 9.37. The summed E-state index contributed by atoms with van der Waals surface area (Å²) in [5.74, 6) is -0.184. The maximum atomic E-state index is 14.5. The van der Waals surface area contributed by atoms with Crippen LogP contribution >= 0.6 is 0 Å². The number of hydrogen-bond acceptors (Lipinski definition) is 6. The van der Waals surface area contributed by atoms with Crippen molar-refractivity contribution in [1.29, 1.82) is 0 Å². The molecular weight excluding hydrogens is 466 g/mol. The average Bonchev–Trinajstić information content (AvgIpc) is 3.65. The maximum absolute atomic E-state index is 14.5. The number of benzene rings is 1. The number of amides is 1. The van der Waals surface area contributed by atoms with Gasteiger partial charge in [-0.15, -0.1) is 5.10 Å². The molecule has 4 aromatic rings. The second kappa shape index (κ2) is 9.29. The van der Waals surface area contributed by atoms with E-state index in [4.69, 9.17) is 4.98 Å². The molecule has 1 amide bonds. The predicted octanol–water partition coefficient (Wildman–Crippen LogP) is 3.62. The van der Waals surface area contributed by atoms with Crippen LogP contribution in [0.5, 0.6) is 0 Å². The van der Waals surface area contributed by atoms with Crippen molar-refractivity contribution in [3.63, 3.8) is 0 Å². The van der Waals surface area contributed by atoms with Crippen molar-refractivity contribution in [1.82, 2.24) is 34.5 Å². The first-order valence-electron chi connectivity index (χ1n) is 12.3. The molecule has 0 bridgehead atoms. The number of piperidine rings is 1. The number of hydrogen-bond donors (Lipinski definition) is 0. The van der Waals surface area contributed by atoms with Crippen LogP contribution in [0.3, 0.4) is 0 Å². The van der Waals surface area contributed by atoms with E-state index >= 15 is 0 Å². The zero-order valence-corrected chi connectivity index (χ0v) is 19.7. The Morgan fingerprint density at radius 3 is 2.78 bits per heavy atom. The number of fused-ring (bicyclic) bond motifs is 1. The molecule has 5 heterocycles. The first kappa shape index (κ1) is 22.6. The molecular formula is C25H26F2N8O. The lowest BCUT2D eigenvalue weighted by Crippen LogP contribution is -2.37. The van der Waals surface area contributed by atoms with E-state index in [1.165, 1.54) is 12.1 Å². The Labute approximate surface area is 206 Å². The third kappa shape index (κ3) is 4.18. The predicted molar refractivity (Wildman–Crippen MR) is 128 cm³/mol. The van der Waals surface area contributed by atoms with Gasteiger partial charge in [-0.05, 0) is 56.4 Å². The van der Waals surface area contributed by atoms with Crippen LogP contribution in [0.25, 0.3) is 16.9 Å². The summed E-state index contributed by atoms with van der Waals surface area (Å²) in [6, 6.07) is 5.10. The van der Waals surface area contributed by atoms with E-state index in [0.29, 0.717) is 41.3 Å². The molecule has 11 heteroatoms. The fourth-order valence-electron chi connectivity index (χ4n) is 5.22. The first-order chi connectivity index (χ1) is 17.6. The standard InChI is InChI=1S/C25H26F2N8O/c26-17-6-7-20(27)18(13-17)22-5-4-11-34(22)23-8-12-35-25(29-23)19(14-28-35)21-15-33(31-30-21)16-24(36)32-9-2-1-3-10-32/h6-8,12-15,22H,1-5,9-11,16H2/t22-/m1/s1. The van der Waals surface area contributed by atoms with Gasteiger partial charge in [0, 0.05) is 31.4 Å². The van der Waals surface area contributed by atoms with E-state index in [9.17, 15) is 13.6 Å². The van der Waals surface area contributed by atoms with Crippen molar-refractivity contribution < 1.29 is 13.6 Å². The topological polar surface area (TPSA) is 84.4 Å². The van der Waals surface area contributed by atoms with Crippen LogP contribution in [-0.2, 0) is 11.3 Å². The first-order valence-corrected chi connectivity index (χ1v) is 12.3. The minimum absolute atomic E-state index is 0.0380. The molecule has 36 heavy (non-hydrogen) atoms. The van der Waals surface area contributed by atoms with Crippen molar-refractivity contribution in [2.24, 2.45) is 0 Å². The lowest BCUT2D eigenvalue weighted by Gasteiger charge is -2.26. The number of aromatic nitrogens is 6. The van der Waals surface area contributed by atoms with Crippen LogP contribution in [0.2, 0.25) is 0 Å². The Bertz CT molecular complexity index is 1410. The third-order valence-corrected chi connectivity index (χ3v) is 7.04. The SMILES string of the molecule is O=C(Cn1cc(-c2cnn3ccc(N4CCC[C@@H]4c4cc(F)ccc4F)nc23)nn1)N1CCCCC1. The lowest BCUT2D eigenvalue weighted by atomic mass is 10.0.